The number of carbonyl (C=O) groups is 1. The molecule has 0 bridgehead atoms. The van der Waals surface area contributed by atoms with Gasteiger partial charge in [0.1, 0.15) is 0 Å². The summed E-state index contributed by atoms with van der Waals surface area (Å²) >= 11 is 6.73. The van der Waals surface area contributed by atoms with Crippen molar-refractivity contribution in [2.45, 2.75) is 33.7 Å². The van der Waals surface area contributed by atoms with Gasteiger partial charge in [0.15, 0.2) is 0 Å². The smallest absolute Gasteiger partial charge is 0.230 e. The van der Waals surface area contributed by atoms with Gasteiger partial charge in [-0.2, -0.15) is 11.8 Å². The molecule has 1 amide bonds. The van der Waals surface area contributed by atoms with Crippen LogP contribution in [-0.4, -0.2) is 28.4 Å². The lowest BCUT2D eigenvalue weighted by molar-refractivity contribution is -0.124. The Morgan fingerprint density at radius 2 is 2.00 bits per heavy atom. The molecule has 2 unspecified atom stereocenters. The van der Waals surface area contributed by atoms with Crippen LogP contribution in [0.1, 0.15) is 27.7 Å². The molecule has 3 N–H and O–H groups in total. The highest BCUT2D eigenvalue weighted by atomic mass is 32.2. The Hall–Kier alpha value is -0.290. The number of nitrogens with two attached hydrogens (primary N) is 1. The first-order chi connectivity index (χ1) is 7.40. The maximum absolute atomic E-state index is 11.9. The van der Waals surface area contributed by atoms with E-state index in [1.165, 1.54) is 0 Å². The molecule has 0 aromatic rings. The van der Waals surface area contributed by atoms with Gasteiger partial charge in [-0.3, -0.25) is 4.79 Å². The number of thioether (sulfide) groups is 1. The Kier molecular flexibility index (Phi) is 7.76. The van der Waals surface area contributed by atoms with Crippen LogP contribution in [0.3, 0.4) is 0 Å². The van der Waals surface area contributed by atoms with E-state index in [0.717, 1.165) is 11.5 Å². The summed E-state index contributed by atoms with van der Waals surface area (Å²) in [6.45, 7) is 8.01. The Bertz CT molecular complexity index is 244. The minimum absolute atomic E-state index is 0.0493. The van der Waals surface area contributed by atoms with E-state index in [0.29, 0.717) is 0 Å². The monoisotopic (exact) mass is 262 g/mol. The highest BCUT2D eigenvalue weighted by molar-refractivity contribution is 7.99. The van der Waals surface area contributed by atoms with Gasteiger partial charge >= 0.3 is 0 Å². The van der Waals surface area contributed by atoms with Gasteiger partial charge < -0.3 is 11.1 Å². The van der Waals surface area contributed by atoms with Gasteiger partial charge in [0.2, 0.25) is 5.91 Å². The lowest BCUT2D eigenvalue weighted by Gasteiger charge is -2.21. The molecule has 0 saturated heterocycles. The second-order valence-electron chi connectivity index (χ2n) is 4.19. The van der Waals surface area contributed by atoms with E-state index < -0.39 is 0 Å². The molecule has 0 spiro atoms. The van der Waals surface area contributed by atoms with E-state index in [9.17, 15) is 4.79 Å². The van der Waals surface area contributed by atoms with E-state index in [1.807, 2.05) is 32.5 Å². The zero-order chi connectivity index (χ0) is 12.7. The highest BCUT2D eigenvalue weighted by Crippen LogP contribution is 2.12. The summed E-state index contributed by atoms with van der Waals surface area (Å²) in [7, 11) is 0. The largest absolute Gasteiger partial charge is 0.393 e. The molecule has 0 aromatic carbocycles. The Morgan fingerprint density at radius 1 is 1.44 bits per heavy atom. The number of thiocarbonyl (C=S) groups is 1. The molecule has 0 fully saturated rings. The summed E-state index contributed by atoms with van der Waals surface area (Å²) in [5.41, 5.74) is 5.58. The Morgan fingerprint density at radius 3 is 2.38 bits per heavy atom. The van der Waals surface area contributed by atoms with E-state index in [2.05, 4.69) is 12.2 Å². The van der Waals surface area contributed by atoms with Gasteiger partial charge in [-0.1, -0.05) is 33.0 Å². The van der Waals surface area contributed by atoms with Crippen molar-refractivity contribution in [1.29, 1.82) is 0 Å². The highest BCUT2D eigenvalue weighted by Gasteiger charge is 2.25. The fourth-order valence-electron chi connectivity index (χ4n) is 1.43. The first-order valence-electron chi connectivity index (χ1n) is 5.57. The molecule has 0 radical (unpaired) electrons. The van der Waals surface area contributed by atoms with Crippen molar-refractivity contribution in [3.63, 3.8) is 0 Å². The third-order valence-corrected chi connectivity index (χ3v) is 3.61. The first kappa shape index (κ1) is 15.7. The van der Waals surface area contributed by atoms with Crippen molar-refractivity contribution in [2.75, 3.05) is 11.5 Å². The summed E-state index contributed by atoms with van der Waals surface area (Å²) in [5, 5.41) is 2.95. The topological polar surface area (TPSA) is 55.1 Å². The molecule has 0 aromatic heterocycles. The van der Waals surface area contributed by atoms with Crippen molar-refractivity contribution in [3.8, 4) is 0 Å². The van der Waals surface area contributed by atoms with E-state index in [-0.39, 0.29) is 28.8 Å². The van der Waals surface area contributed by atoms with Gasteiger partial charge in [0.05, 0.1) is 10.9 Å². The van der Waals surface area contributed by atoms with Crippen molar-refractivity contribution >= 4 is 34.9 Å². The second-order valence-corrected chi connectivity index (χ2v) is 5.98. The third kappa shape index (κ3) is 5.70. The van der Waals surface area contributed by atoms with Crippen molar-refractivity contribution < 1.29 is 4.79 Å². The number of rotatable bonds is 7. The summed E-state index contributed by atoms with van der Waals surface area (Å²) in [6, 6.07) is 0.160. The second kappa shape index (κ2) is 7.90. The molecule has 16 heavy (non-hydrogen) atoms. The number of amides is 1. The molecule has 0 saturated carbocycles. The summed E-state index contributed by atoms with van der Waals surface area (Å²) in [5.74, 6) is 1.72. The Labute approximate surface area is 108 Å². The van der Waals surface area contributed by atoms with Crippen LogP contribution in [0.25, 0.3) is 0 Å². The minimum atomic E-state index is -0.357. The van der Waals surface area contributed by atoms with E-state index >= 15 is 0 Å². The van der Waals surface area contributed by atoms with Crippen molar-refractivity contribution in [3.05, 3.63) is 0 Å². The molecule has 0 rings (SSSR count). The van der Waals surface area contributed by atoms with Crippen molar-refractivity contribution in [2.24, 2.45) is 17.6 Å². The van der Waals surface area contributed by atoms with Crippen LogP contribution in [0.4, 0.5) is 0 Å². The van der Waals surface area contributed by atoms with Gasteiger partial charge in [-0.25, -0.2) is 0 Å². The first-order valence-corrected chi connectivity index (χ1v) is 7.13. The molecular weight excluding hydrogens is 240 g/mol. The van der Waals surface area contributed by atoms with Gasteiger partial charge in [-0.05, 0) is 18.6 Å². The summed E-state index contributed by atoms with van der Waals surface area (Å²) in [6.07, 6.45) is 0. The fourth-order valence-corrected chi connectivity index (χ4v) is 2.48. The van der Waals surface area contributed by atoms with E-state index in [1.54, 1.807) is 0 Å². The number of nitrogens with one attached hydrogen (secondary N) is 1. The third-order valence-electron chi connectivity index (χ3n) is 2.22. The van der Waals surface area contributed by atoms with Crippen molar-refractivity contribution in [1.82, 2.24) is 5.32 Å². The normalized spacial score (nSPS) is 14.6. The standard InChI is InChI=1S/C11H22N2OS2/c1-5-16-6-8(4)13-11(14)9(7(2)3)10(12)15/h7-9H,5-6H2,1-4H3,(H2,12,15)(H,13,14). The number of hydrogen-bond donors (Lipinski definition) is 2. The molecular formula is C11H22N2OS2. The lowest BCUT2D eigenvalue weighted by atomic mass is 9.95. The maximum Gasteiger partial charge on any atom is 0.230 e. The fraction of sp³-hybridized carbons (Fsp3) is 0.818. The number of carbonyl (C=O) groups excluding carboxylic acids is 1. The molecule has 0 aliphatic heterocycles. The Balaban J connectivity index is 4.25. The average molecular weight is 262 g/mol. The van der Waals surface area contributed by atoms with Gasteiger partial charge in [-0.15, -0.1) is 0 Å². The molecule has 5 heteroatoms. The molecule has 0 aliphatic rings. The summed E-state index contributed by atoms with van der Waals surface area (Å²) < 4.78 is 0. The quantitative estimate of drug-likeness (QED) is 0.687. The van der Waals surface area contributed by atoms with Crippen LogP contribution < -0.4 is 11.1 Å². The zero-order valence-corrected chi connectivity index (χ0v) is 12.1. The van der Waals surface area contributed by atoms with Gasteiger partial charge in [0, 0.05) is 11.8 Å². The van der Waals surface area contributed by atoms with Crippen LogP contribution in [0.2, 0.25) is 0 Å². The maximum atomic E-state index is 11.9. The number of hydrogen-bond acceptors (Lipinski definition) is 3. The molecule has 94 valence electrons. The van der Waals surface area contributed by atoms with Crippen LogP contribution in [0.5, 0.6) is 0 Å². The lowest BCUT2D eigenvalue weighted by Crippen LogP contribution is -2.44. The molecule has 0 heterocycles. The predicted octanol–water partition coefficient (Wildman–Crippen LogP) is 1.80. The van der Waals surface area contributed by atoms with Crippen LogP contribution >= 0.6 is 24.0 Å². The molecule has 3 nitrogen and oxygen atoms in total. The molecule has 0 aliphatic carbocycles. The SMILES string of the molecule is CCSCC(C)NC(=O)C(C(N)=S)C(C)C. The zero-order valence-electron chi connectivity index (χ0n) is 10.4. The average Bonchev–Trinajstić information content (AvgIpc) is 2.13. The van der Waals surface area contributed by atoms with Crippen LogP contribution in [0.15, 0.2) is 0 Å². The molecule has 2 atom stereocenters. The van der Waals surface area contributed by atoms with Gasteiger partial charge in [0.25, 0.3) is 0 Å². The van der Waals surface area contributed by atoms with Crippen LogP contribution in [-0.2, 0) is 4.79 Å². The van der Waals surface area contributed by atoms with E-state index in [4.69, 9.17) is 18.0 Å². The van der Waals surface area contributed by atoms with Crippen LogP contribution in [0, 0.1) is 11.8 Å². The summed E-state index contributed by atoms with van der Waals surface area (Å²) in [4.78, 5) is 12.2. The predicted molar refractivity (Wildman–Crippen MR) is 75.7 cm³/mol. The minimum Gasteiger partial charge on any atom is -0.393 e.